The first-order chi connectivity index (χ1) is 14.9. The summed E-state index contributed by atoms with van der Waals surface area (Å²) in [5.74, 6) is -8.78. The number of aliphatic hydroxyl groups excluding tert-OH is 3. The second kappa shape index (κ2) is 6.76. The van der Waals surface area contributed by atoms with E-state index in [9.17, 15) is 39.9 Å². The average Bonchev–Trinajstić information content (AvgIpc) is 2.70. The molecular formula is C22H22N2O8. The molecule has 0 aromatic heterocycles. The molecule has 7 N–H and O–H groups in total. The lowest BCUT2D eigenvalue weighted by Crippen LogP contribution is -2.70. The van der Waals surface area contributed by atoms with Gasteiger partial charge in [-0.3, -0.25) is 19.3 Å². The van der Waals surface area contributed by atoms with Crippen LogP contribution in [0.15, 0.2) is 41.7 Å². The molecule has 1 aromatic carbocycles. The second-order valence-corrected chi connectivity index (χ2v) is 8.44. The third-order valence-electron chi connectivity index (χ3n) is 6.61. The molecule has 4 rings (SSSR count). The molecule has 0 spiro atoms. The highest BCUT2D eigenvalue weighted by atomic mass is 16.4. The zero-order chi connectivity index (χ0) is 23.9. The van der Waals surface area contributed by atoms with Crippen molar-refractivity contribution in [3.63, 3.8) is 0 Å². The summed E-state index contributed by atoms with van der Waals surface area (Å²) in [6, 6.07) is 2.89. The number of benzene rings is 1. The molecule has 3 aliphatic carbocycles. The van der Waals surface area contributed by atoms with E-state index in [1.165, 1.54) is 37.2 Å². The largest absolute Gasteiger partial charge is 0.508 e. The van der Waals surface area contributed by atoms with Crippen molar-refractivity contribution in [2.24, 2.45) is 17.6 Å². The minimum atomic E-state index is -2.94. The van der Waals surface area contributed by atoms with E-state index in [2.05, 4.69) is 6.58 Å². The molecule has 1 saturated carbocycles. The summed E-state index contributed by atoms with van der Waals surface area (Å²) in [5, 5.41) is 54.7. The van der Waals surface area contributed by atoms with Crippen LogP contribution in [0.25, 0.3) is 11.3 Å². The van der Waals surface area contributed by atoms with Gasteiger partial charge in [0.25, 0.3) is 5.91 Å². The number of ketones is 2. The maximum absolute atomic E-state index is 13.6. The number of nitrogens with two attached hydrogens (primary N) is 1. The molecular weight excluding hydrogens is 420 g/mol. The molecule has 0 heterocycles. The normalized spacial score (nSPS) is 32.1. The average molecular weight is 442 g/mol. The molecule has 1 aromatic rings. The number of aromatic hydroxyl groups is 1. The summed E-state index contributed by atoms with van der Waals surface area (Å²) >= 11 is 0. The minimum Gasteiger partial charge on any atom is -0.508 e. The van der Waals surface area contributed by atoms with Gasteiger partial charge in [-0.25, -0.2) is 0 Å². The molecule has 0 saturated heterocycles. The summed E-state index contributed by atoms with van der Waals surface area (Å²) in [6.07, 6.45) is -1.69. The van der Waals surface area contributed by atoms with E-state index in [1.54, 1.807) is 0 Å². The lowest BCUT2D eigenvalue weighted by Gasteiger charge is -2.52. The van der Waals surface area contributed by atoms with E-state index in [0.29, 0.717) is 0 Å². The molecule has 1 amide bonds. The number of carbonyl (C=O) groups excluding carboxylic acids is 3. The van der Waals surface area contributed by atoms with Crippen molar-refractivity contribution in [2.75, 3.05) is 14.1 Å². The van der Waals surface area contributed by atoms with Crippen molar-refractivity contribution in [3.8, 4) is 5.75 Å². The highest BCUT2D eigenvalue weighted by molar-refractivity contribution is 6.25. The molecule has 10 heteroatoms. The Morgan fingerprint density at radius 3 is 2.38 bits per heavy atom. The Hall–Kier alpha value is -3.47. The van der Waals surface area contributed by atoms with Crippen LogP contribution < -0.4 is 5.73 Å². The van der Waals surface area contributed by atoms with Crippen molar-refractivity contribution in [2.45, 2.75) is 17.7 Å². The van der Waals surface area contributed by atoms with Crippen LogP contribution in [0.4, 0.5) is 0 Å². The summed E-state index contributed by atoms with van der Waals surface area (Å²) in [6.45, 7) is 3.91. The number of aliphatic hydroxyl groups is 4. The topological polar surface area (TPSA) is 182 Å². The third kappa shape index (κ3) is 2.42. The first kappa shape index (κ1) is 21.8. The predicted octanol–water partition coefficient (Wildman–Crippen LogP) is -0.594. The van der Waals surface area contributed by atoms with Crippen LogP contribution in [-0.4, -0.2) is 79.7 Å². The number of phenols is 1. The van der Waals surface area contributed by atoms with E-state index < -0.39 is 69.7 Å². The number of nitrogens with zero attached hydrogens (tertiary/aromatic N) is 1. The molecule has 32 heavy (non-hydrogen) atoms. The highest BCUT2D eigenvalue weighted by Gasteiger charge is 2.68. The van der Waals surface area contributed by atoms with Gasteiger partial charge in [0.2, 0.25) is 5.78 Å². The van der Waals surface area contributed by atoms with Gasteiger partial charge >= 0.3 is 0 Å². The van der Waals surface area contributed by atoms with E-state index in [0.717, 1.165) is 0 Å². The van der Waals surface area contributed by atoms with E-state index in [4.69, 9.17) is 5.73 Å². The highest BCUT2D eigenvalue weighted by Crippen LogP contribution is 2.55. The molecule has 168 valence electrons. The fraction of sp³-hybridized carbons (Fsp3) is 0.318. The maximum atomic E-state index is 13.6. The summed E-state index contributed by atoms with van der Waals surface area (Å²) in [7, 11) is 2.88. The van der Waals surface area contributed by atoms with Crippen molar-refractivity contribution < 1.29 is 39.9 Å². The molecule has 0 radical (unpaired) electrons. The number of primary amides is 1. The number of hydrogen-bond acceptors (Lipinski definition) is 9. The number of carbonyl (C=O) groups is 3. The Morgan fingerprint density at radius 1 is 1.19 bits per heavy atom. The van der Waals surface area contributed by atoms with Gasteiger partial charge in [-0.2, -0.15) is 0 Å². The van der Waals surface area contributed by atoms with Crippen molar-refractivity contribution in [1.29, 1.82) is 0 Å². The molecule has 3 aliphatic rings. The van der Waals surface area contributed by atoms with Crippen LogP contribution in [0.3, 0.4) is 0 Å². The van der Waals surface area contributed by atoms with Gasteiger partial charge in [0, 0.05) is 5.92 Å². The third-order valence-corrected chi connectivity index (χ3v) is 6.61. The lowest BCUT2D eigenvalue weighted by atomic mass is 9.55. The quantitative estimate of drug-likeness (QED) is 0.326. The predicted molar refractivity (Wildman–Crippen MR) is 111 cm³/mol. The fourth-order valence-corrected chi connectivity index (χ4v) is 5.21. The van der Waals surface area contributed by atoms with Crippen LogP contribution in [0.2, 0.25) is 0 Å². The lowest BCUT2D eigenvalue weighted by molar-refractivity contribution is -0.166. The van der Waals surface area contributed by atoms with Gasteiger partial charge in [0.15, 0.2) is 11.4 Å². The number of likely N-dealkylation sites (N-methyl/N-ethyl adjacent to an activating group) is 1. The molecule has 0 bridgehead atoms. The zero-order valence-electron chi connectivity index (χ0n) is 17.2. The standard InChI is InChI=1S/C22H22N2O8/c1-7-8-5-4-6-9(25)11(8)16(26)12-10(7)17(27)14-15(24(2)3)18(28)13(21(23)31)20(30)22(14,32)19(12)29/h4-6,10,14-15,17,25-27,30,32H,1H2,2-3H3,(H2,23,31)/t10?,14?,15-,17?,22?/m1/s1. The number of hydrogen-bond donors (Lipinski definition) is 6. The molecule has 5 atom stereocenters. The SMILES string of the molecule is C=C1c2cccc(O)c2C(O)=C2C(=O)C3(O)C(O)=C(C(N)=O)C(=O)[C@H](N(C)C)C3C(O)C12. The first-order valence-electron chi connectivity index (χ1n) is 9.71. The summed E-state index contributed by atoms with van der Waals surface area (Å²) < 4.78 is 0. The van der Waals surface area contributed by atoms with Gasteiger partial charge in [0.1, 0.15) is 22.8 Å². The smallest absolute Gasteiger partial charge is 0.255 e. The van der Waals surface area contributed by atoms with E-state index in [-0.39, 0.29) is 22.4 Å². The first-order valence-corrected chi connectivity index (χ1v) is 9.71. The molecule has 1 fully saturated rings. The van der Waals surface area contributed by atoms with E-state index >= 15 is 0 Å². The van der Waals surface area contributed by atoms with Crippen LogP contribution in [0.5, 0.6) is 5.75 Å². The number of Topliss-reactive ketones (excluding diaryl/α,β-unsaturated/α-hetero) is 2. The van der Waals surface area contributed by atoms with Gasteiger partial charge in [0.05, 0.1) is 29.2 Å². The fourth-order valence-electron chi connectivity index (χ4n) is 5.21. The van der Waals surface area contributed by atoms with E-state index in [1.807, 2.05) is 0 Å². The van der Waals surface area contributed by atoms with Gasteiger partial charge in [-0.05, 0) is 31.3 Å². The number of rotatable bonds is 2. The van der Waals surface area contributed by atoms with Crippen molar-refractivity contribution in [1.82, 2.24) is 4.90 Å². The molecule has 10 nitrogen and oxygen atoms in total. The van der Waals surface area contributed by atoms with Crippen molar-refractivity contribution in [3.05, 3.63) is 52.8 Å². The van der Waals surface area contributed by atoms with Crippen LogP contribution in [0.1, 0.15) is 11.1 Å². The van der Waals surface area contributed by atoms with Crippen LogP contribution in [0, 0.1) is 11.8 Å². The minimum absolute atomic E-state index is 0.124. The Morgan fingerprint density at radius 2 is 1.81 bits per heavy atom. The molecule has 4 unspecified atom stereocenters. The molecule has 0 aliphatic heterocycles. The second-order valence-electron chi connectivity index (χ2n) is 8.44. The summed E-state index contributed by atoms with van der Waals surface area (Å²) in [5.41, 5.74) is 1.16. The maximum Gasteiger partial charge on any atom is 0.255 e. The monoisotopic (exact) mass is 442 g/mol. The Bertz CT molecular complexity index is 1180. The number of amides is 1. The number of phenolic OH excluding ortho intramolecular Hbond substituents is 1. The van der Waals surface area contributed by atoms with Gasteiger partial charge in [-0.15, -0.1) is 0 Å². The van der Waals surface area contributed by atoms with Gasteiger partial charge < -0.3 is 31.3 Å². The Balaban J connectivity index is 2.08. The van der Waals surface area contributed by atoms with Gasteiger partial charge in [-0.1, -0.05) is 18.7 Å². The summed E-state index contributed by atoms with van der Waals surface area (Å²) in [4.78, 5) is 39.8. The Kier molecular flexibility index (Phi) is 4.60. The number of fused-ring (bicyclic) bond motifs is 3. The zero-order valence-corrected chi connectivity index (χ0v) is 17.2. The van der Waals surface area contributed by atoms with Crippen molar-refractivity contribution >= 4 is 28.8 Å². The van der Waals surface area contributed by atoms with Crippen LogP contribution >= 0.6 is 0 Å². The van der Waals surface area contributed by atoms with Crippen LogP contribution in [-0.2, 0) is 14.4 Å². The Labute approximate surface area is 182 Å².